The highest BCUT2D eigenvalue weighted by atomic mass is 16.8. The molecule has 822 valence electrons. The maximum absolute atomic E-state index is 16.9. The summed E-state index contributed by atoms with van der Waals surface area (Å²) in [6.07, 6.45) is -59.4. The third-order valence-electron chi connectivity index (χ3n) is 33.9. The molecule has 46 heteroatoms. The van der Waals surface area contributed by atoms with Crippen LogP contribution in [0.15, 0.2) is 60.3 Å². The maximum atomic E-state index is 16.9. The first-order valence-electron chi connectivity index (χ1n) is 49.8. The van der Waals surface area contributed by atoms with Gasteiger partial charge in [0, 0.05) is 24.3 Å². The van der Waals surface area contributed by atoms with Gasteiger partial charge in [-0.1, -0.05) is 84.4 Å². The number of aliphatic hydroxyl groups excluding tert-OH is 22. The summed E-state index contributed by atoms with van der Waals surface area (Å²) in [4.78, 5) is 58.3. The Labute approximate surface area is 834 Å². The van der Waals surface area contributed by atoms with Crippen LogP contribution in [0.25, 0.3) is 0 Å². The molecule has 4 saturated carbocycles. The van der Waals surface area contributed by atoms with Crippen molar-refractivity contribution in [3.05, 3.63) is 60.3 Å². The van der Waals surface area contributed by atoms with E-state index < -0.39 is 371 Å². The highest BCUT2D eigenvalue weighted by Crippen LogP contribution is 2.76. The van der Waals surface area contributed by atoms with Gasteiger partial charge in [-0.3, -0.25) is 9.59 Å². The smallest absolute Gasteiger partial charge is 0.336 e. The Balaban J connectivity index is 0.787. The standard InChI is InChI=1S/C98H155NO45/c1-17-93(12,126)27-19-21-40(3)80(123)138-75-42(5)131-87(73(121)69(75)117)144-94(13,18-2)28-20-22-45(34-100)81(124)136-57-33-98(90(125)143-89-79(68(116)62(110)50(36-102)134-89)142-86-74(122)77(140-85-72(120)66(114)61(109)49(35-101)132-85)76(43(6)130-86)139-84-71(119)63(111)51(37-103)133-84)47(31-91(57,8)9)46-23-24-54-95(14)29-26-56(92(10,11)53(95)25-30-96(54,15)97(46,16)32-55(98)106)137-82-58(99-44(7)104)65(113)64(112)52(135-82)39-128-88-78(67(115)59(107)41(4)129-88)141-83-70(118)60(108)48(105)38-127-83/h17-18,21-23,41-43,47-79,82-89,100-103,105-122,126H,1-2,19-20,24-39H2,3-16H3,(H,99,104)/b40-21+,45-22+/t41?,42?,43?,47?,48-,49?,50?,51+,52?,53?,54?,55-,56+,57+,58+,59+,60-,61-,62-,63+,64-,65+,66-,67-,68-,69+,70+,71+,72+,73+,74+,75-,76+,77+,78+,79+,82+,83+,84+,85+,86+,87+,88-,89+,93?,94-,95+,96-,97-,98-/m1/s1. The molecule has 50 atom stereocenters. The molecule has 24 N–H and O–H groups in total. The van der Waals surface area contributed by atoms with Gasteiger partial charge in [0.15, 0.2) is 56.2 Å². The van der Waals surface area contributed by atoms with Crippen LogP contribution in [-0.2, 0) is 104 Å². The second-order valence-electron chi connectivity index (χ2n) is 44.1. The van der Waals surface area contributed by atoms with Crippen LogP contribution < -0.4 is 5.32 Å². The summed E-state index contributed by atoms with van der Waals surface area (Å²) in [5.74, 6) is -5.22. The van der Waals surface area contributed by atoms with Crippen molar-refractivity contribution in [1.29, 1.82) is 0 Å². The van der Waals surface area contributed by atoms with Gasteiger partial charge in [0.2, 0.25) is 12.2 Å². The van der Waals surface area contributed by atoms with Crippen molar-refractivity contribution in [2.75, 3.05) is 39.6 Å². The number of amides is 1. The Kier molecular flexibility index (Phi) is 36.9. The van der Waals surface area contributed by atoms with Crippen LogP contribution >= 0.6 is 0 Å². The Hall–Kier alpha value is -4.94. The van der Waals surface area contributed by atoms with E-state index in [1.807, 2.05) is 6.92 Å². The zero-order chi connectivity index (χ0) is 106. The Morgan fingerprint density at radius 2 is 1.01 bits per heavy atom. The first-order valence-corrected chi connectivity index (χ1v) is 49.8. The molecule has 5 aliphatic carbocycles. The fraction of sp³-hybridized carbons (Fsp3) is 0.857. The normalized spacial score (nSPS) is 47.9. The van der Waals surface area contributed by atoms with E-state index in [1.165, 1.54) is 52.8 Å². The van der Waals surface area contributed by atoms with E-state index in [0.717, 1.165) is 5.57 Å². The minimum Gasteiger partial charge on any atom is -0.458 e. The largest absolute Gasteiger partial charge is 0.458 e. The average Bonchev–Trinajstić information content (AvgIpc) is 0.708. The van der Waals surface area contributed by atoms with Gasteiger partial charge in [-0.25, -0.2) is 9.59 Å². The van der Waals surface area contributed by atoms with Gasteiger partial charge in [0.1, 0.15) is 164 Å². The molecule has 144 heavy (non-hydrogen) atoms. The van der Waals surface area contributed by atoms with Gasteiger partial charge in [-0.15, -0.1) is 13.2 Å². The van der Waals surface area contributed by atoms with Crippen LogP contribution in [-0.4, -0.2) is 444 Å². The van der Waals surface area contributed by atoms with Crippen molar-refractivity contribution in [3.63, 3.8) is 0 Å². The van der Waals surface area contributed by atoms with E-state index in [0.29, 0.717) is 32.1 Å². The number of nitrogens with one attached hydrogen (secondary N) is 1. The number of hydrogen-bond donors (Lipinski definition) is 24. The van der Waals surface area contributed by atoms with Crippen molar-refractivity contribution in [1.82, 2.24) is 5.32 Å². The third kappa shape index (κ3) is 22.6. The van der Waals surface area contributed by atoms with Gasteiger partial charge in [0.25, 0.3) is 0 Å². The maximum Gasteiger partial charge on any atom is 0.336 e. The fourth-order valence-electron chi connectivity index (χ4n) is 24.6. The monoisotopic (exact) mass is 2070 g/mol. The second kappa shape index (κ2) is 45.8. The predicted octanol–water partition coefficient (Wildman–Crippen LogP) is -4.89. The third-order valence-corrected chi connectivity index (χ3v) is 33.9. The summed E-state index contributed by atoms with van der Waals surface area (Å²) in [5, 5.41) is 262. The van der Waals surface area contributed by atoms with Crippen molar-refractivity contribution in [2.45, 2.75) is 437 Å². The number of allylic oxidation sites excluding steroid dienone is 4. The molecule has 0 radical (unpaired) electrons. The molecule has 0 spiro atoms. The minimum atomic E-state index is -2.29. The molecule has 10 unspecified atom stereocenters. The molecular formula is C98H155NO45. The second-order valence-corrected chi connectivity index (χ2v) is 44.1. The lowest BCUT2D eigenvalue weighted by atomic mass is 9.33. The molecule has 0 aromatic carbocycles. The lowest BCUT2D eigenvalue weighted by Crippen LogP contribution is -2.70. The number of aliphatic hydroxyl groups is 23. The fourth-order valence-corrected chi connectivity index (χ4v) is 24.6. The molecule has 13 aliphatic rings. The van der Waals surface area contributed by atoms with E-state index in [4.69, 9.17) is 85.3 Å². The number of hydrogen-bond acceptors (Lipinski definition) is 45. The van der Waals surface area contributed by atoms with Crippen molar-refractivity contribution < 1.29 is 222 Å². The first-order chi connectivity index (χ1) is 67.4. The Morgan fingerprint density at radius 1 is 0.486 bits per heavy atom. The Bertz CT molecular complexity index is 4470. The van der Waals surface area contributed by atoms with E-state index in [9.17, 15) is 127 Å². The molecule has 8 heterocycles. The summed E-state index contributed by atoms with van der Waals surface area (Å²) in [6, 6.07) is -1.38. The molecule has 12 fully saturated rings. The van der Waals surface area contributed by atoms with Crippen LogP contribution in [0.5, 0.6) is 0 Å². The van der Waals surface area contributed by atoms with Gasteiger partial charge in [0.05, 0.1) is 86.9 Å². The lowest BCUT2D eigenvalue weighted by Gasteiger charge is -2.72. The number of carbonyl (C=O) groups is 4. The zero-order valence-electron chi connectivity index (χ0n) is 83.7. The lowest BCUT2D eigenvalue weighted by molar-refractivity contribution is -0.390. The van der Waals surface area contributed by atoms with E-state index >= 15 is 9.59 Å². The summed E-state index contributed by atoms with van der Waals surface area (Å²) in [5.41, 5.74) is -8.61. The van der Waals surface area contributed by atoms with Crippen LogP contribution in [0.4, 0.5) is 0 Å². The summed E-state index contributed by atoms with van der Waals surface area (Å²) in [7, 11) is 0. The van der Waals surface area contributed by atoms with Crippen LogP contribution in [0, 0.1) is 50.2 Å². The van der Waals surface area contributed by atoms with E-state index in [2.05, 4.69) is 52.2 Å². The molecule has 1 amide bonds. The quantitative estimate of drug-likeness (QED) is 0.00944. The highest BCUT2D eigenvalue weighted by molar-refractivity contribution is 5.89. The molecule has 46 nitrogen and oxygen atoms in total. The number of carbonyl (C=O) groups excluding carboxylic acids is 4. The number of rotatable bonds is 34. The van der Waals surface area contributed by atoms with Crippen molar-refractivity contribution in [3.8, 4) is 0 Å². The van der Waals surface area contributed by atoms with E-state index in [1.54, 1.807) is 33.8 Å². The van der Waals surface area contributed by atoms with Gasteiger partial charge >= 0.3 is 17.9 Å². The van der Waals surface area contributed by atoms with Gasteiger partial charge in [-0.05, 0) is 152 Å². The SMILES string of the molecule is C=CC(C)(O)CC/C=C(\C)C(=O)O[C@@H]1C(C)O[C@@H](O[C@](C)(C=C)CC/C=C(\CO)C(=O)O[C@H]2C[C@@]3(C(=O)O[C@@H]4OC(CO)[C@@H](O)[C@@H](O)[C@@H]4O[C@@H]4OC(C)[C@H](O[C@@H]5O[C@@H](CO)[C@H](O)[C@@H]5O)[C@@H](O[C@@H]5OC(CO)[C@@H](O)[C@@H](O)[C@@H]5O)[C@@H]4O)C(CC2(C)C)C2=CCC4[C@@]5(C)CC[C@H](O[C@@H]6OC(CO[C@@H]7OC(C)[C@H](O)[C@@H](O)[C@@H]7O[C@@H]7OC[C@@H](O)[C@@H](O)[C@@H]7O)[C@@H](O)[C@@H](O)[C@@H]6NC(C)=O)C(C)(C)C5CC[C@@]4(C)[C@]2(C)C[C@H]3O)[C@@H](O)[C@@H]1O. The number of esters is 3. The Morgan fingerprint density at radius 3 is 1.64 bits per heavy atom. The average molecular weight is 2070 g/mol. The first kappa shape index (κ1) is 116. The molecule has 13 rings (SSSR count). The molecule has 8 aliphatic heterocycles. The van der Waals surface area contributed by atoms with Crippen LogP contribution in [0.2, 0.25) is 0 Å². The molecular weight excluding hydrogens is 1910 g/mol. The zero-order valence-corrected chi connectivity index (χ0v) is 83.7. The van der Waals surface area contributed by atoms with Gasteiger partial charge in [-0.2, -0.15) is 0 Å². The molecule has 0 aromatic rings. The van der Waals surface area contributed by atoms with Crippen LogP contribution in [0.3, 0.4) is 0 Å². The van der Waals surface area contributed by atoms with Crippen LogP contribution in [0.1, 0.15) is 174 Å². The van der Waals surface area contributed by atoms with Gasteiger partial charge < -0.3 is 208 Å². The molecule has 0 bridgehead atoms. The minimum absolute atomic E-state index is 0.0300. The highest BCUT2D eigenvalue weighted by Gasteiger charge is 2.74. The summed E-state index contributed by atoms with van der Waals surface area (Å²) < 4.78 is 111. The molecule has 0 aromatic heterocycles. The molecule has 8 saturated heterocycles. The van der Waals surface area contributed by atoms with E-state index in [-0.39, 0.29) is 61.5 Å². The van der Waals surface area contributed by atoms with Crippen molar-refractivity contribution in [2.24, 2.45) is 50.2 Å². The number of fused-ring (bicyclic) bond motifs is 7. The number of ether oxygens (including phenoxy) is 18. The summed E-state index contributed by atoms with van der Waals surface area (Å²) in [6.45, 7) is 27.0. The topological polar surface area (TPSA) is 712 Å². The predicted molar refractivity (Wildman–Crippen MR) is 488 cm³/mol. The van der Waals surface area contributed by atoms with Crippen molar-refractivity contribution >= 4 is 23.8 Å². The summed E-state index contributed by atoms with van der Waals surface area (Å²) >= 11 is 0.